The van der Waals surface area contributed by atoms with E-state index in [-0.39, 0.29) is 12.3 Å². The molecule has 0 rings (SSSR count). The Hall–Kier alpha value is -1.06. The Bertz CT molecular complexity index is 216. The molecule has 0 heterocycles. The van der Waals surface area contributed by atoms with Gasteiger partial charge in [-0.1, -0.05) is 19.8 Å². The number of aliphatic carboxylic acids is 1. The average Bonchev–Trinajstić information content (AvgIpc) is 2.22. The minimum absolute atomic E-state index is 0.202. The van der Waals surface area contributed by atoms with E-state index in [0.29, 0.717) is 6.42 Å². The van der Waals surface area contributed by atoms with E-state index >= 15 is 0 Å². The summed E-state index contributed by atoms with van der Waals surface area (Å²) in [7, 11) is 1.83. The summed E-state index contributed by atoms with van der Waals surface area (Å²) in [6.45, 7) is 2.78. The van der Waals surface area contributed by atoms with Crippen LogP contribution in [-0.4, -0.2) is 35.5 Å². The van der Waals surface area contributed by atoms with Crippen LogP contribution in [0, 0.1) is 0 Å². The zero-order valence-corrected chi connectivity index (χ0v) is 10.4. The van der Waals surface area contributed by atoms with Crippen molar-refractivity contribution >= 4 is 11.9 Å². The Morgan fingerprint density at radius 2 is 1.69 bits per heavy atom. The van der Waals surface area contributed by atoms with Crippen LogP contribution in [0.3, 0.4) is 0 Å². The lowest BCUT2D eigenvalue weighted by Gasteiger charge is -2.16. The molecule has 0 aromatic carbocycles. The maximum atomic E-state index is 11.4. The van der Waals surface area contributed by atoms with Gasteiger partial charge in [-0.3, -0.25) is 9.59 Å². The normalized spacial score (nSPS) is 10.1. The van der Waals surface area contributed by atoms with Gasteiger partial charge >= 0.3 is 5.97 Å². The highest BCUT2D eigenvalue weighted by atomic mass is 16.4. The molecule has 16 heavy (non-hydrogen) atoms. The molecule has 0 bridgehead atoms. The minimum atomic E-state index is -0.727. The number of unbranched alkanes of at least 4 members (excludes halogenated alkanes) is 3. The molecule has 0 fully saturated rings. The fraction of sp³-hybridized carbons (Fsp3) is 0.833. The zero-order valence-electron chi connectivity index (χ0n) is 10.4. The summed E-state index contributed by atoms with van der Waals surface area (Å²) < 4.78 is 0. The van der Waals surface area contributed by atoms with E-state index < -0.39 is 5.97 Å². The third-order valence-corrected chi connectivity index (χ3v) is 2.52. The second-order valence-electron chi connectivity index (χ2n) is 4.12. The highest BCUT2D eigenvalue weighted by molar-refractivity contribution is 5.75. The van der Waals surface area contributed by atoms with E-state index in [1.54, 1.807) is 4.90 Å². The molecule has 0 saturated heterocycles. The van der Waals surface area contributed by atoms with Crippen LogP contribution < -0.4 is 0 Å². The van der Waals surface area contributed by atoms with Gasteiger partial charge in [0, 0.05) is 26.4 Å². The zero-order chi connectivity index (χ0) is 12.4. The molecule has 4 nitrogen and oxygen atoms in total. The van der Waals surface area contributed by atoms with Crippen molar-refractivity contribution < 1.29 is 14.7 Å². The highest BCUT2D eigenvalue weighted by Gasteiger charge is 2.06. The Kier molecular flexibility index (Phi) is 8.58. The van der Waals surface area contributed by atoms with E-state index in [1.807, 2.05) is 14.0 Å². The topological polar surface area (TPSA) is 57.6 Å². The number of carbonyl (C=O) groups excluding carboxylic acids is 1. The first-order valence-corrected chi connectivity index (χ1v) is 6.03. The molecule has 0 aromatic rings. The lowest BCUT2D eigenvalue weighted by Crippen LogP contribution is -2.27. The van der Waals surface area contributed by atoms with Gasteiger partial charge in [0.25, 0.3) is 0 Å². The van der Waals surface area contributed by atoms with E-state index in [9.17, 15) is 9.59 Å². The predicted molar refractivity (Wildman–Crippen MR) is 63.3 cm³/mol. The summed E-state index contributed by atoms with van der Waals surface area (Å²) in [6.07, 6.45) is 5.40. The van der Waals surface area contributed by atoms with Gasteiger partial charge in [-0.05, 0) is 19.3 Å². The maximum absolute atomic E-state index is 11.4. The number of amides is 1. The van der Waals surface area contributed by atoms with Gasteiger partial charge in [-0.25, -0.2) is 0 Å². The lowest BCUT2D eigenvalue weighted by atomic mass is 10.1. The van der Waals surface area contributed by atoms with Crippen LogP contribution in [0.25, 0.3) is 0 Å². The number of rotatable bonds is 9. The van der Waals surface area contributed by atoms with Crippen molar-refractivity contribution in [2.45, 2.75) is 51.9 Å². The minimum Gasteiger partial charge on any atom is -0.481 e. The van der Waals surface area contributed by atoms with Crippen LogP contribution in [0.5, 0.6) is 0 Å². The molecule has 1 N–H and O–H groups in total. The van der Waals surface area contributed by atoms with E-state index in [4.69, 9.17) is 5.11 Å². The standard InChI is InChI=1S/C12H23NO3/c1-3-8-11(14)13(2)10-7-5-4-6-9-12(15)16/h3-10H2,1-2H3,(H,15,16). The van der Waals surface area contributed by atoms with Crippen LogP contribution in [0.4, 0.5) is 0 Å². The summed E-state index contributed by atoms with van der Waals surface area (Å²) in [6, 6.07) is 0. The number of nitrogens with zero attached hydrogens (tertiary/aromatic N) is 1. The molecule has 94 valence electrons. The fourth-order valence-corrected chi connectivity index (χ4v) is 1.51. The third-order valence-electron chi connectivity index (χ3n) is 2.52. The van der Waals surface area contributed by atoms with E-state index in [1.165, 1.54) is 0 Å². The Balaban J connectivity index is 3.37. The molecule has 4 heteroatoms. The van der Waals surface area contributed by atoms with Crippen LogP contribution in [0.1, 0.15) is 51.9 Å². The smallest absolute Gasteiger partial charge is 0.303 e. The Labute approximate surface area is 97.6 Å². The molecular weight excluding hydrogens is 206 g/mol. The lowest BCUT2D eigenvalue weighted by molar-refractivity contribution is -0.137. The fourth-order valence-electron chi connectivity index (χ4n) is 1.51. The third kappa shape index (κ3) is 8.26. The van der Waals surface area contributed by atoms with Gasteiger partial charge in [0.15, 0.2) is 0 Å². The molecule has 0 spiro atoms. The van der Waals surface area contributed by atoms with Crippen LogP contribution in [0.2, 0.25) is 0 Å². The Morgan fingerprint density at radius 1 is 1.06 bits per heavy atom. The number of carbonyl (C=O) groups is 2. The first-order chi connectivity index (χ1) is 7.57. The van der Waals surface area contributed by atoms with Crippen molar-refractivity contribution in [3.8, 4) is 0 Å². The van der Waals surface area contributed by atoms with E-state index in [0.717, 1.165) is 38.6 Å². The first-order valence-electron chi connectivity index (χ1n) is 6.03. The van der Waals surface area contributed by atoms with Crippen LogP contribution >= 0.6 is 0 Å². The molecule has 0 aliphatic rings. The summed E-state index contributed by atoms with van der Waals surface area (Å²) >= 11 is 0. The summed E-state index contributed by atoms with van der Waals surface area (Å²) in [5, 5.41) is 8.44. The largest absolute Gasteiger partial charge is 0.481 e. The predicted octanol–water partition coefficient (Wildman–Crippen LogP) is 2.28. The van der Waals surface area contributed by atoms with Crippen molar-refractivity contribution in [1.82, 2.24) is 4.90 Å². The Morgan fingerprint density at radius 3 is 2.25 bits per heavy atom. The van der Waals surface area contributed by atoms with Gasteiger partial charge in [-0.2, -0.15) is 0 Å². The van der Waals surface area contributed by atoms with Gasteiger partial charge in [-0.15, -0.1) is 0 Å². The molecule has 0 atom stereocenters. The SMILES string of the molecule is CCCC(=O)N(C)CCCCCCC(=O)O. The van der Waals surface area contributed by atoms with Crippen molar-refractivity contribution in [3.05, 3.63) is 0 Å². The van der Waals surface area contributed by atoms with Gasteiger partial charge < -0.3 is 10.0 Å². The molecule has 0 aliphatic carbocycles. The van der Waals surface area contributed by atoms with Gasteiger partial charge in [0.05, 0.1) is 0 Å². The summed E-state index contributed by atoms with van der Waals surface area (Å²) in [4.78, 5) is 23.4. The number of hydrogen-bond donors (Lipinski definition) is 1. The summed E-state index contributed by atoms with van der Waals surface area (Å²) in [5.74, 6) is -0.525. The molecule has 1 amide bonds. The van der Waals surface area contributed by atoms with Crippen LogP contribution in [-0.2, 0) is 9.59 Å². The summed E-state index contributed by atoms with van der Waals surface area (Å²) in [5.41, 5.74) is 0. The number of hydrogen-bond acceptors (Lipinski definition) is 2. The van der Waals surface area contributed by atoms with Gasteiger partial charge in [0.2, 0.25) is 5.91 Å². The molecule has 0 aromatic heterocycles. The first kappa shape index (κ1) is 14.9. The second-order valence-corrected chi connectivity index (χ2v) is 4.12. The molecule has 0 radical (unpaired) electrons. The molecule has 0 saturated carbocycles. The van der Waals surface area contributed by atoms with E-state index in [2.05, 4.69) is 0 Å². The quantitative estimate of drug-likeness (QED) is 0.617. The highest BCUT2D eigenvalue weighted by Crippen LogP contribution is 2.04. The maximum Gasteiger partial charge on any atom is 0.303 e. The number of carboxylic acid groups (broad SMARTS) is 1. The number of carboxylic acids is 1. The molecule has 0 aliphatic heterocycles. The monoisotopic (exact) mass is 229 g/mol. The van der Waals surface area contributed by atoms with Crippen molar-refractivity contribution in [1.29, 1.82) is 0 Å². The molecule has 0 unspecified atom stereocenters. The van der Waals surface area contributed by atoms with Crippen molar-refractivity contribution in [3.63, 3.8) is 0 Å². The van der Waals surface area contributed by atoms with Crippen LogP contribution in [0.15, 0.2) is 0 Å². The van der Waals surface area contributed by atoms with Crippen molar-refractivity contribution in [2.24, 2.45) is 0 Å². The second kappa shape index (κ2) is 9.19. The van der Waals surface area contributed by atoms with Crippen molar-refractivity contribution in [2.75, 3.05) is 13.6 Å². The molecular formula is C12H23NO3. The average molecular weight is 229 g/mol. The van der Waals surface area contributed by atoms with Gasteiger partial charge in [0.1, 0.15) is 0 Å².